The molecule has 0 bridgehead atoms. The fourth-order valence-electron chi connectivity index (χ4n) is 3.71. The molecule has 1 amide bonds. The lowest BCUT2D eigenvalue weighted by Crippen LogP contribution is -2.37. The molecule has 2 aliphatic heterocycles. The van der Waals surface area contributed by atoms with Gasteiger partial charge in [0, 0.05) is 18.8 Å². The molecule has 18 heteroatoms. The number of primary sulfonamides is 1. The molecule has 212 valence electrons. The number of aromatic nitrogens is 1. The minimum atomic E-state index is -4.07. The quantitative estimate of drug-likeness (QED) is 0.279. The number of aliphatic hydroxyl groups excluding tert-OH is 1. The second kappa shape index (κ2) is 10.7. The number of aliphatic hydroxyl groups is 1. The summed E-state index contributed by atoms with van der Waals surface area (Å²) in [5.74, 6) is -0.907. The molecule has 40 heavy (non-hydrogen) atoms. The van der Waals surface area contributed by atoms with Gasteiger partial charge in [-0.2, -0.15) is 4.72 Å². The largest absolute Gasteiger partial charge is 0.505 e. The predicted molar refractivity (Wildman–Crippen MR) is 145 cm³/mol. The Morgan fingerprint density at radius 3 is 2.42 bits per heavy atom. The molecule has 0 unspecified atom stereocenters. The van der Waals surface area contributed by atoms with E-state index in [0.717, 1.165) is 10.4 Å². The number of pyridine rings is 1. The van der Waals surface area contributed by atoms with Crippen LogP contribution in [0.3, 0.4) is 0 Å². The number of sulfonamides is 3. The minimum absolute atomic E-state index is 0.0143. The van der Waals surface area contributed by atoms with Gasteiger partial charge >= 0.3 is 0 Å². The number of nitrogens with two attached hydrogens (primary N) is 1. The van der Waals surface area contributed by atoms with Crippen LogP contribution in [0.25, 0.3) is 5.76 Å². The average molecular weight is 629 g/mol. The number of hydrogen-bond donors (Lipinski definition) is 5. The third-order valence-electron chi connectivity index (χ3n) is 5.61. The van der Waals surface area contributed by atoms with E-state index in [1.807, 2.05) is 0 Å². The minimum Gasteiger partial charge on any atom is -0.505 e. The van der Waals surface area contributed by atoms with Gasteiger partial charge < -0.3 is 15.7 Å². The summed E-state index contributed by atoms with van der Waals surface area (Å²) in [6.07, 6.45) is 1.49. The molecular formula is C22H21ClN6O8S3. The van der Waals surface area contributed by atoms with E-state index in [9.17, 15) is 35.2 Å². The molecule has 0 saturated heterocycles. The monoisotopic (exact) mass is 628 g/mol. The van der Waals surface area contributed by atoms with E-state index in [2.05, 4.69) is 20.3 Å². The smallest absolute Gasteiger partial charge is 0.277 e. The highest BCUT2D eigenvalue weighted by molar-refractivity contribution is 7.90. The first-order chi connectivity index (χ1) is 18.6. The first kappa shape index (κ1) is 29.2. The number of likely N-dealkylation sites (N-methyl/N-ethyl adjacent to an activating group) is 1. The first-order valence-corrected chi connectivity index (χ1v) is 15.8. The highest BCUT2D eigenvalue weighted by Crippen LogP contribution is 2.35. The number of nitrogens with zero attached hydrogens (tertiary/aromatic N) is 2. The van der Waals surface area contributed by atoms with Crippen molar-refractivity contribution in [3.05, 3.63) is 77.1 Å². The van der Waals surface area contributed by atoms with Crippen molar-refractivity contribution in [3.63, 3.8) is 0 Å². The van der Waals surface area contributed by atoms with Crippen molar-refractivity contribution in [2.45, 2.75) is 14.7 Å². The second-order valence-corrected chi connectivity index (χ2v) is 13.8. The Kier molecular flexibility index (Phi) is 7.81. The van der Waals surface area contributed by atoms with Gasteiger partial charge in [0.2, 0.25) is 20.0 Å². The summed E-state index contributed by atoms with van der Waals surface area (Å²) in [5, 5.41) is 20.4. The molecular weight excluding hydrogens is 608 g/mol. The normalized spacial score (nSPS) is 16.9. The fourth-order valence-corrected chi connectivity index (χ4v) is 7.39. The van der Waals surface area contributed by atoms with Crippen LogP contribution in [-0.4, -0.2) is 59.3 Å². The average Bonchev–Trinajstić information content (AvgIpc) is 2.88. The van der Waals surface area contributed by atoms with Gasteiger partial charge in [0.1, 0.15) is 15.6 Å². The molecule has 3 aromatic rings. The maximum Gasteiger partial charge on any atom is 0.277 e. The van der Waals surface area contributed by atoms with E-state index in [4.69, 9.17) is 16.7 Å². The summed E-state index contributed by atoms with van der Waals surface area (Å²) >= 11 is 5.72. The van der Waals surface area contributed by atoms with E-state index in [1.54, 1.807) is 30.3 Å². The molecule has 3 heterocycles. The SMILES string of the molecule is CN1C(C(=O)Nc2ccccn2)=C(O)c2ccccc2S1(=O)=O.NS(=O)(=O)c1cc2c(cc1Cl)NCNS2(=O)=O. The van der Waals surface area contributed by atoms with Crippen molar-refractivity contribution in [3.8, 4) is 0 Å². The van der Waals surface area contributed by atoms with Crippen LogP contribution in [0, 0.1) is 0 Å². The lowest BCUT2D eigenvalue weighted by Gasteiger charge is -2.28. The molecule has 0 radical (unpaired) electrons. The van der Waals surface area contributed by atoms with Crippen LogP contribution in [-0.2, 0) is 34.9 Å². The molecule has 2 aliphatic rings. The van der Waals surface area contributed by atoms with Gasteiger partial charge in [0.15, 0.2) is 11.5 Å². The summed E-state index contributed by atoms with van der Waals surface area (Å²) in [6, 6.07) is 13.0. The van der Waals surface area contributed by atoms with Crippen LogP contribution in [0.2, 0.25) is 5.02 Å². The van der Waals surface area contributed by atoms with Gasteiger partial charge in [-0.3, -0.25) is 9.10 Å². The van der Waals surface area contributed by atoms with E-state index < -0.39 is 46.6 Å². The maximum absolute atomic E-state index is 12.5. The number of rotatable bonds is 3. The van der Waals surface area contributed by atoms with Crippen molar-refractivity contribution in [1.82, 2.24) is 14.0 Å². The molecule has 2 aromatic carbocycles. The van der Waals surface area contributed by atoms with Crippen molar-refractivity contribution in [1.29, 1.82) is 0 Å². The number of carbonyl (C=O) groups is 1. The zero-order valence-corrected chi connectivity index (χ0v) is 23.6. The number of benzene rings is 2. The summed E-state index contributed by atoms with van der Waals surface area (Å²) < 4.78 is 73.6. The van der Waals surface area contributed by atoms with E-state index in [-0.39, 0.29) is 44.2 Å². The Hall–Kier alpha value is -3.74. The molecule has 0 atom stereocenters. The number of carbonyl (C=O) groups excluding carboxylic acids is 1. The van der Waals surface area contributed by atoms with E-state index >= 15 is 0 Å². The van der Waals surface area contributed by atoms with Crippen LogP contribution < -0.4 is 20.5 Å². The zero-order valence-electron chi connectivity index (χ0n) is 20.4. The summed E-state index contributed by atoms with van der Waals surface area (Å²) in [7, 11) is -10.5. The van der Waals surface area contributed by atoms with Crippen molar-refractivity contribution in [2.24, 2.45) is 5.14 Å². The molecule has 0 saturated carbocycles. The number of hydrogen-bond acceptors (Lipinski definition) is 10. The molecule has 0 spiro atoms. The van der Waals surface area contributed by atoms with Crippen LogP contribution >= 0.6 is 11.6 Å². The predicted octanol–water partition coefficient (Wildman–Crippen LogP) is 1.23. The molecule has 5 rings (SSSR count). The molecule has 0 aliphatic carbocycles. The molecule has 14 nitrogen and oxygen atoms in total. The van der Waals surface area contributed by atoms with Gasteiger partial charge in [-0.05, 0) is 36.4 Å². The number of amides is 1. The Morgan fingerprint density at radius 2 is 1.77 bits per heavy atom. The lowest BCUT2D eigenvalue weighted by atomic mass is 10.1. The second-order valence-electron chi connectivity index (χ2n) is 8.16. The fraction of sp³-hybridized carbons (Fsp3) is 0.0909. The standard InChI is InChI=1S/C15H13N3O4S.C7H8ClN3O4S2/c1-18-13(15(20)17-12-8-4-5-9-16-12)14(19)10-6-2-3-7-11(10)23(18,21)22;8-4-1-5-7(2-6(4)16(9,12)13)17(14,15)11-3-10-5/h2-9,19H,1H3,(H,16,17,20);1-2,10-11H,3H2,(H2,9,12,13). The number of fused-ring (bicyclic) bond motifs is 2. The van der Waals surface area contributed by atoms with Gasteiger partial charge in [0.25, 0.3) is 15.9 Å². The summed E-state index contributed by atoms with van der Waals surface area (Å²) in [4.78, 5) is 15.7. The topological polar surface area (TPSA) is 218 Å². The van der Waals surface area contributed by atoms with Gasteiger partial charge in [-0.1, -0.05) is 29.8 Å². The lowest BCUT2D eigenvalue weighted by molar-refractivity contribution is -0.113. The molecule has 1 aromatic heterocycles. The Bertz CT molecular complexity index is 1870. The molecule has 0 fully saturated rings. The van der Waals surface area contributed by atoms with Crippen molar-refractivity contribution in [2.75, 3.05) is 24.3 Å². The summed E-state index contributed by atoms with van der Waals surface area (Å²) in [6.45, 7) is 0.0143. The first-order valence-electron chi connectivity index (χ1n) is 11.0. The number of nitrogens with one attached hydrogen (secondary N) is 3. The highest BCUT2D eigenvalue weighted by atomic mass is 35.5. The van der Waals surface area contributed by atoms with Gasteiger partial charge in [0.05, 0.1) is 22.3 Å². The number of halogens is 1. The van der Waals surface area contributed by atoms with Crippen molar-refractivity contribution >= 4 is 64.8 Å². The van der Waals surface area contributed by atoms with Crippen LogP contribution in [0.1, 0.15) is 5.56 Å². The maximum atomic E-state index is 12.5. The summed E-state index contributed by atoms with van der Waals surface area (Å²) in [5.41, 5.74) is -0.0210. The third-order valence-corrected chi connectivity index (χ3v) is 10.2. The van der Waals surface area contributed by atoms with Crippen LogP contribution in [0.4, 0.5) is 11.5 Å². The third kappa shape index (κ3) is 5.60. The van der Waals surface area contributed by atoms with E-state index in [1.165, 1.54) is 31.4 Å². The van der Waals surface area contributed by atoms with Crippen LogP contribution in [0.5, 0.6) is 0 Å². The van der Waals surface area contributed by atoms with E-state index in [0.29, 0.717) is 0 Å². The van der Waals surface area contributed by atoms with Crippen molar-refractivity contribution < 1.29 is 35.2 Å². The van der Waals surface area contributed by atoms with Gasteiger partial charge in [-0.25, -0.2) is 35.4 Å². The Morgan fingerprint density at radius 1 is 1.10 bits per heavy atom. The zero-order chi connectivity index (χ0) is 29.5. The highest BCUT2D eigenvalue weighted by Gasteiger charge is 2.37. The number of anilines is 2. The molecule has 6 N–H and O–H groups in total. The van der Waals surface area contributed by atoms with Crippen LogP contribution in [0.15, 0.2) is 81.2 Å². The Labute approximate surface area is 234 Å². The Balaban J connectivity index is 0.000000194. The van der Waals surface area contributed by atoms with Gasteiger partial charge in [-0.15, -0.1) is 0 Å².